The first kappa shape index (κ1) is 14.4. The van der Waals surface area contributed by atoms with Gasteiger partial charge < -0.3 is 4.90 Å². The van der Waals surface area contributed by atoms with Gasteiger partial charge in [-0.25, -0.2) is 4.98 Å². The van der Waals surface area contributed by atoms with E-state index < -0.39 is 0 Å². The molecule has 2 aromatic rings. The van der Waals surface area contributed by atoms with Gasteiger partial charge in [-0.2, -0.15) is 0 Å². The van der Waals surface area contributed by atoms with E-state index in [1.165, 1.54) is 17.7 Å². The normalized spacial score (nSPS) is 14.4. The summed E-state index contributed by atoms with van der Waals surface area (Å²) in [6.07, 6.45) is 2.32. The van der Waals surface area contributed by atoms with Crippen molar-refractivity contribution in [1.29, 1.82) is 0 Å². The Bertz CT molecular complexity index is 637. The van der Waals surface area contributed by atoms with Crippen LogP contribution < -0.4 is 4.90 Å². The van der Waals surface area contributed by atoms with Crippen molar-refractivity contribution < 1.29 is 0 Å². The van der Waals surface area contributed by atoms with Crippen molar-refractivity contribution in [2.75, 3.05) is 11.4 Å². The number of alkyl halides is 1. The number of fused-ring (bicyclic) bond motifs is 1. The highest BCUT2D eigenvalue weighted by atomic mass is 35.5. The van der Waals surface area contributed by atoms with E-state index in [9.17, 15) is 0 Å². The van der Waals surface area contributed by atoms with Gasteiger partial charge in [-0.05, 0) is 48.1 Å². The third-order valence-corrected chi connectivity index (χ3v) is 4.33. The standard InChI is InChI=1S/C18H21ClN2/c1-13(2)16-10-14(12-19)11-18(20-16)21-9-5-7-15-6-3-4-8-17(15)21/h3-4,6,8,10-11,13H,5,7,9,12H2,1-2H3. The molecule has 0 saturated carbocycles. The summed E-state index contributed by atoms with van der Waals surface area (Å²) in [5.41, 5.74) is 4.96. The molecule has 0 N–H and O–H groups in total. The second-order valence-corrected chi connectivity index (χ2v) is 6.20. The quantitative estimate of drug-likeness (QED) is 0.739. The molecule has 0 bridgehead atoms. The second kappa shape index (κ2) is 6.07. The van der Waals surface area contributed by atoms with Crippen molar-refractivity contribution in [2.24, 2.45) is 0 Å². The minimum atomic E-state index is 0.409. The molecule has 0 saturated heterocycles. The van der Waals surface area contributed by atoms with E-state index in [1.54, 1.807) is 0 Å². The number of hydrogen-bond donors (Lipinski definition) is 0. The third kappa shape index (κ3) is 2.91. The van der Waals surface area contributed by atoms with Gasteiger partial charge >= 0.3 is 0 Å². The van der Waals surface area contributed by atoms with E-state index >= 15 is 0 Å². The molecule has 0 aliphatic carbocycles. The molecular formula is C18H21ClN2. The molecule has 1 aromatic heterocycles. The molecule has 0 unspecified atom stereocenters. The zero-order chi connectivity index (χ0) is 14.8. The molecule has 110 valence electrons. The van der Waals surface area contributed by atoms with Gasteiger partial charge in [0, 0.05) is 23.8 Å². The maximum absolute atomic E-state index is 6.07. The summed E-state index contributed by atoms with van der Waals surface area (Å²) in [6, 6.07) is 12.9. The molecule has 0 atom stereocenters. The number of pyridine rings is 1. The Hall–Kier alpha value is -1.54. The van der Waals surface area contributed by atoms with Crippen LogP contribution in [0.2, 0.25) is 0 Å². The van der Waals surface area contributed by atoms with Crippen LogP contribution >= 0.6 is 11.6 Å². The minimum absolute atomic E-state index is 0.409. The SMILES string of the molecule is CC(C)c1cc(CCl)cc(N2CCCc3ccccc32)n1. The van der Waals surface area contributed by atoms with Gasteiger partial charge in [-0.3, -0.25) is 0 Å². The Morgan fingerprint density at radius 2 is 2.05 bits per heavy atom. The minimum Gasteiger partial charge on any atom is -0.326 e. The molecule has 0 radical (unpaired) electrons. The molecule has 2 heterocycles. The first-order valence-corrected chi connectivity index (χ1v) is 8.14. The summed E-state index contributed by atoms with van der Waals surface area (Å²) in [5.74, 6) is 1.97. The highest BCUT2D eigenvalue weighted by molar-refractivity contribution is 6.17. The van der Waals surface area contributed by atoms with E-state index in [0.29, 0.717) is 11.8 Å². The van der Waals surface area contributed by atoms with E-state index in [0.717, 1.165) is 30.0 Å². The number of hydrogen-bond acceptors (Lipinski definition) is 2. The van der Waals surface area contributed by atoms with Crippen LogP contribution in [0, 0.1) is 0 Å². The summed E-state index contributed by atoms with van der Waals surface area (Å²) in [5, 5.41) is 0. The Balaban J connectivity index is 2.07. The van der Waals surface area contributed by atoms with Crippen molar-refractivity contribution in [1.82, 2.24) is 4.98 Å². The lowest BCUT2D eigenvalue weighted by atomic mass is 10.0. The van der Waals surface area contributed by atoms with Gasteiger partial charge in [-0.1, -0.05) is 32.0 Å². The lowest BCUT2D eigenvalue weighted by molar-refractivity contribution is 0.749. The van der Waals surface area contributed by atoms with Gasteiger partial charge in [-0.15, -0.1) is 11.6 Å². The van der Waals surface area contributed by atoms with Crippen LogP contribution in [0.25, 0.3) is 0 Å². The number of para-hydroxylation sites is 1. The molecule has 1 aromatic carbocycles. The zero-order valence-corrected chi connectivity index (χ0v) is 13.4. The summed E-state index contributed by atoms with van der Waals surface area (Å²) in [6.45, 7) is 5.37. The van der Waals surface area contributed by atoms with Gasteiger partial charge in [0.05, 0.1) is 0 Å². The van der Waals surface area contributed by atoms with E-state index in [2.05, 4.69) is 55.1 Å². The third-order valence-electron chi connectivity index (χ3n) is 4.02. The van der Waals surface area contributed by atoms with E-state index in [4.69, 9.17) is 16.6 Å². The maximum Gasteiger partial charge on any atom is 0.133 e. The topological polar surface area (TPSA) is 16.1 Å². The summed E-state index contributed by atoms with van der Waals surface area (Å²) in [4.78, 5) is 7.20. The van der Waals surface area contributed by atoms with Gasteiger partial charge in [0.25, 0.3) is 0 Å². The number of anilines is 2. The molecule has 3 heteroatoms. The average molecular weight is 301 g/mol. The first-order chi connectivity index (χ1) is 10.2. The van der Waals surface area contributed by atoms with E-state index in [-0.39, 0.29) is 0 Å². The number of rotatable bonds is 3. The lowest BCUT2D eigenvalue weighted by Crippen LogP contribution is -2.25. The predicted molar refractivity (Wildman–Crippen MR) is 89.7 cm³/mol. The highest BCUT2D eigenvalue weighted by Crippen LogP contribution is 2.33. The molecule has 0 fully saturated rings. The van der Waals surface area contributed by atoms with Crippen molar-refractivity contribution in [3.63, 3.8) is 0 Å². The maximum atomic E-state index is 6.07. The Kier molecular flexibility index (Phi) is 4.16. The van der Waals surface area contributed by atoms with Crippen molar-refractivity contribution in [3.05, 3.63) is 53.2 Å². The monoisotopic (exact) mass is 300 g/mol. The number of aryl methyl sites for hydroxylation is 1. The van der Waals surface area contributed by atoms with Gasteiger partial charge in [0.1, 0.15) is 5.82 Å². The van der Waals surface area contributed by atoms with Crippen molar-refractivity contribution in [2.45, 2.75) is 38.5 Å². The molecule has 21 heavy (non-hydrogen) atoms. The largest absolute Gasteiger partial charge is 0.326 e. The first-order valence-electron chi connectivity index (χ1n) is 7.61. The lowest BCUT2D eigenvalue weighted by Gasteiger charge is -2.31. The zero-order valence-electron chi connectivity index (χ0n) is 12.6. The number of benzene rings is 1. The molecule has 0 amide bonds. The van der Waals surface area contributed by atoms with Crippen molar-refractivity contribution in [3.8, 4) is 0 Å². The predicted octanol–water partition coefficient (Wildman–Crippen LogP) is 5.03. The van der Waals surface area contributed by atoms with E-state index in [1.807, 2.05) is 0 Å². The van der Waals surface area contributed by atoms with Crippen LogP contribution in [0.3, 0.4) is 0 Å². The van der Waals surface area contributed by atoms with Crippen LogP contribution in [0.1, 0.15) is 43.0 Å². The van der Waals surface area contributed by atoms with Gasteiger partial charge in [0.2, 0.25) is 0 Å². The number of nitrogens with zero attached hydrogens (tertiary/aromatic N) is 2. The molecule has 3 rings (SSSR count). The number of halogens is 1. The Morgan fingerprint density at radius 1 is 1.24 bits per heavy atom. The molecule has 2 nitrogen and oxygen atoms in total. The fraction of sp³-hybridized carbons (Fsp3) is 0.389. The molecular weight excluding hydrogens is 280 g/mol. The van der Waals surface area contributed by atoms with Crippen molar-refractivity contribution >= 4 is 23.1 Å². The molecule has 0 spiro atoms. The fourth-order valence-electron chi connectivity index (χ4n) is 2.88. The highest BCUT2D eigenvalue weighted by Gasteiger charge is 2.19. The number of aromatic nitrogens is 1. The average Bonchev–Trinajstić information content (AvgIpc) is 2.53. The Morgan fingerprint density at radius 3 is 2.81 bits per heavy atom. The Labute approximate surface area is 131 Å². The summed E-state index contributed by atoms with van der Waals surface area (Å²) < 4.78 is 0. The van der Waals surface area contributed by atoms with Crippen LogP contribution in [-0.4, -0.2) is 11.5 Å². The van der Waals surface area contributed by atoms with Crippen LogP contribution in [0.5, 0.6) is 0 Å². The van der Waals surface area contributed by atoms with Gasteiger partial charge in [0.15, 0.2) is 0 Å². The molecule has 1 aliphatic heterocycles. The van der Waals surface area contributed by atoms with Crippen LogP contribution in [-0.2, 0) is 12.3 Å². The summed E-state index contributed by atoms with van der Waals surface area (Å²) in [7, 11) is 0. The fourth-order valence-corrected chi connectivity index (χ4v) is 3.03. The second-order valence-electron chi connectivity index (χ2n) is 5.93. The van der Waals surface area contributed by atoms with Crippen LogP contribution in [0.15, 0.2) is 36.4 Å². The molecule has 1 aliphatic rings. The summed E-state index contributed by atoms with van der Waals surface area (Å²) >= 11 is 6.07. The van der Waals surface area contributed by atoms with Crippen LogP contribution in [0.4, 0.5) is 11.5 Å². The smallest absolute Gasteiger partial charge is 0.133 e.